The molecule has 0 spiro atoms. The van der Waals surface area contributed by atoms with Gasteiger partial charge >= 0.3 is 6.03 Å². The minimum Gasteiger partial charge on any atom is -0.497 e. The smallest absolute Gasteiger partial charge is 0.322 e. The summed E-state index contributed by atoms with van der Waals surface area (Å²) < 4.78 is 10.8. The van der Waals surface area contributed by atoms with Gasteiger partial charge in [-0.1, -0.05) is 31.1 Å². The van der Waals surface area contributed by atoms with Crippen molar-refractivity contribution in [3.63, 3.8) is 0 Å². The third-order valence-corrected chi connectivity index (χ3v) is 5.67. The molecule has 0 saturated carbocycles. The number of likely N-dealkylation sites (tertiary alicyclic amines) is 1. The molecule has 7 nitrogen and oxygen atoms in total. The van der Waals surface area contributed by atoms with Crippen LogP contribution in [-0.4, -0.2) is 34.7 Å². The number of hydrogen-bond acceptors (Lipinski definition) is 5. The quantitative estimate of drug-likeness (QED) is 0.579. The first-order chi connectivity index (χ1) is 15.0. The van der Waals surface area contributed by atoms with E-state index < -0.39 is 0 Å². The Labute approximate surface area is 182 Å². The number of hydrogen-bond donors (Lipinski definition) is 1. The highest BCUT2D eigenvalue weighted by Crippen LogP contribution is 2.32. The van der Waals surface area contributed by atoms with Crippen molar-refractivity contribution in [2.75, 3.05) is 19.0 Å². The van der Waals surface area contributed by atoms with Gasteiger partial charge in [0.1, 0.15) is 11.8 Å². The highest BCUT2D eigenvalue weighted by Gasteiger charge is 2.32. The Morgan fingerprint density at radius 1 is 1.13 bits per heavy atom. The first-order valence-corrected chi connectivity index (χ1v) is 10.7. The molecule has 4 rings (SSSR count). The highest BCUT2D eigenvalue weighted by atomic mass is 16.5. The Morgan fingerprint density at radius 3 is 2.55 bits per heavy atom. The van der Waals surface area contributed by atoms with Crippen LogP contribution in [0.4, 0.5) is 10.5 Å². The van der Waals surface area contributed by atoms with E-state index in [0.717, 1.165) is 36.3 Å². The monoisotopic (exact) mass is 420 g/mol. The lowest BCUT2D eigenvalue weighted by Crippen LogP contribution is -2.41. The molecule has 3 aromatic rings. The molecule has 1 aliphatic rings. The molecule has 1 atom stereocenters. The van der Waals surface area contributed by atoms with Gasteiger partial charge in [-0.2, -0.15) is 4.98 Å². The summed E-state index contributed by atoms with van der Waals surface area (Å²) in [7, 11) is 1.63. The van der Waals surface area contributed by atoms with Crippen LogP contribution in [-0.2, 0) is 0 Å². The number of aromatic nitrogens is 2. The molecular formula is C24H28N4O3. The summed E-state index contributed by atoms with van der Waals surface area (Å²) in [5, 5.41) is 7.15. The minimum absolute atomic E-state index is 0.147. The Morgan fingerprint density at radius 2 is 1.87 bits per heavy atom. The van der Waals surface area contributed by atoms with E-state index in [9.17, 15) is 4.79 Å². The molecule has 0 bridgehead atoms. The number of nitrogens with one attached hydrogen (secondary N) is 1. The molecule has 1 saturated heterocycles. The van der Waals surface area contributed by atoms with Crippen molar-refractivity contribution in [1.82, 2.24) is 15.0 Å². The van der Waals surface area contributed by atoms with Gasteiger partial charge in [0.25, 0.3) is 0 Å². The van der Waals surface area contributed by atoms with Gasteiger partial charge in [0, 0.05) is 17.8 Å². The van der Waals surface area contributed by atoms with Crippen molar-refractivity contribution < 1.29 is 14.1 Å². The van der Waals surface area contributed by atoms with E-state index in [0.29, 0.717) is 24.2 Å². The van der Waals surface area contributed by atoms with Crippen LogP contribution < -0.4 is 10.1 Å². The molecule has 1 N–H and O–H groups in total. The molecule has 7 heteroatoms. The molecule has 1 unspecified atom stereocenters. The minimum atomic E-state index is -0.233. The Kier molecular flexibility index (Phi) is 6.21. The standard InChI is InChI=1S/C24H28N4O3/c1-16(2)17-7-11-19(12-8-17)25-24(29)28-15-5-4-6-21(28)23-26-22(27-31-23)18-9-13-20(30-3)14-10-18/h7-14,16,21H,4-6,15H2,1-3H3,(H,25,29). The number of anilines is 1. The van der Waals surface area contributed by atoms with E-state index in [-0.39, 0.29) is 12.1 Å². The van der Waals surface area contributed by atoms with Gasteiger partial charge < -0.3 is 19.5 Å². The molecule has 0 radical (unpaired) electrons. The van der Waals surface area contributed by atoms with Crippen LogP contribution in [0, 0.1) is 0 Å². The zero-order chi connectivity index (χ0) is 21.8. The van der Waals surface area contributed by atoms with Crippen molar-refractivity contribution in [1.29, 1.82) is 0 Å². The van der Waals surface area contributed by atoms with Crippen LogP contribution in [0.2, 0.25) is 0 Å². The van der Waals surface area contributed by atoms with Crippen molar-refractivity contribution in [2.45, 2.75) is 45.1 Å². The summed E-state index contributed by atoms with van der Waals surface area (Å²) >= 11 is 0. The Balaban J connectivity index is 1.49. The fourth-order valence-corrected chi connectivity index (χ4v) is 3.81. The molecule has 1 aromatic heterocycles. The number of benzene rings is 2. The van der Waals surface area contributed by atoms with Crippen LogP contribution in [0.15, 0.2) is 53.1 Å². The average molecular weight is 421 g/mol. The van der Waals surface area contributed by atoms with Gasteiger partial charge in [-0.05, 0) is 67.1 Å². The maximum atomic E-state index is 13.0. The lowest BCUT2D eigenvalue weighted by atomic mass is 10.0. The van der Waals surface area contributed by atoms with Gasteiger partial charge in [-0.25, -0.2) is 4.79 Å². The van der Waals surface area contributed by atoms with Gasteiger partial charge in [0.15, 0.2) is 0 Å². The second-order valence-electron chi connectivity index (χ2n) is 8.10. The van der Waals surface area contributed by atoms with E-state index in [1.165, 1.54) is 5.56 Å². The molecule has 2 heterocycles. The topological polar surface area (TPSA) is 80.5 Å². The van der Waals surface area contributed by atoms with Crippen molar-refractivity contribution >= 4 is 11.7 Å². The van der Waals surface area contributed by atoms with Crippen LogP contribution in [0.1, 0.15) is 56.5 Å². The lowest BCUT2D eigenvalue weighted by Gasteiger charge is -2.33. The van der Waals surface area contributed by atoms with Gasteiger partial charge in [0.2, 0.25) is 11.7 Å². The summed E-state index contributed by atoms with van der Waals surface area (Å²) in [5.41, 5.74) is 2.86. The summed E-state index contributed by atoms with van der Waals surface area (Å²) in [5.74, 6) is 2.20. The first-order valence-electron chi connectivity index (χ1n) is 10.7. The van der Waals surface area contributed by atoms with Gasteiger partial charge in [-0.15, -0.1) is 0 Å². The molecule has 2 aromatic carbocycles. The fraction of sp³-hybridized carbons (Fsp3) is 0.375. The molecular weight excluding hydrogens is 392 g/mol. The summed E-state index contributed by atoms with van der Waals surface area (Å²) in [6, 6.07) is 15.1. The van der Waals surface area contributed by atoms with Crippen LogP contribution in [0.3, 0.4) is 0 Å². The number of piperidine rings is 1. The number of ether oxygens (including phenoxy) is 1. The summed E-state index contributed by atoms with van der Waals surface area (Å²) in [6.45, 7) is 4.95. The largest absolute Gasteiger partial charge is 0.497 e. The number of amides is 2. The molecule has 0 aliphatic carbocycles. The number of carbonyl (C=O) groups is 1. The summed E-state index contributed by atoms with van der Waals surface area (Å²) in [4.78, 5) is 19.4. The molecule has 162 valence electrons. The number of methoxy groups -OCH3 is 1. The van der Waals surface area contributed by atoms with E-state index in [4.69, 9.17) is 9.26 Å². The van der Waals surface area contributed by atoms with E-state index in [1.807, 2.05) is 48.5 Å². The number of urea groups is 1. The lowest BCUT2D eigenvalue weighted by molar-refractivity contribution is 0.142. The SMILES string of the molecule is COc1ccc(-c2noc(C3CCCCN3C(=O)Nc3ccc(C(C)C)cc3)n2)cc1. The van der Waals surface area contributed by atoms with Crippen molar-refractivity contribution in [3.8, 4) is 17.1 Å². The zero-order valence-corrected chi connectivity index (χ0v) is 18.2. The zero-order valence-electron chi connectivity index (χ0n) is 18.2. The number of nitrogens with zero attached hydrogens (tertiary/aromatic N) is 3. The predicted octanol–water partition coefficient (Wildman–Crippen LogP) is 5.63. The fourth-order valence-electron chi connectivity index (χ4n) is 3.81. The number of rotatable bonds is 5. The van der Waals surface area contributed by atoms with Gasteiger partial charge in [-0.3, -0.25) is 0 Å². The number of carbonyl (C=O) groups excluding carboxylic acids is 1. The maximum Gasteiger partial charge on any atom is 0.322 e. The molecule has 1 fully saturated rings. The maximum absolute atomic E-state index is 13.0. The third-order valence-electron chi connectivity index (χ3n) is 5.67. The molecule has 31 heavy (non-hydrogen) atoms. The van der Waals surface area contributed by atoms with Crippen LogP contribution >= 0.6 is 0 Å². The van der Waals surface area contributed by atoms with Gasteiger partial charge in [0.05, 0.1) is 7.11 Å². The van der Waals surface area contributed by atoms with E-state index >= 15 is 0 Å². The normalized spacial score (nSPS) is 16.4. The van der Waals surface area contributed by atoms with Crippen molar-refractivity contribution in [3.05, 3.63) is 60.0 Å². The van der Waals surface area contributed by atoms with E-state index in [1.54, 1.807) is 12.0 Å². The third kappa shape index (κ3) is 4.71. The van der Waals surface area contributed by atoms with E-state index in [2.05, 4.69) is 29.3 Å². The average Bonchev–Trinajstić information content (AvgIpc) is 3.29. The Bertz CT molecular complexity index is 1010. The predicted molar refractivity (Wildman–Crippen MR) is 119 cm³/mol. The second kappa shape index (κ2) is 9.20. The molecule has 1 aliphatic heterocycles. The second-order valence-corrected chi connectivity index (χ2v) is 8.10. The molecule has 2 amide bonds. The highest BCUT2D eigenvalue weighted by molar-refractivity contribution is 5.89. The van der Waals surface area contributed by atoms with Crippen LogP contribution in [0.5, 0.6) is 5.75 Å². The first kappa shape index (κ1) is 20.9. The van der Waals surface area contributed by atoms with Crippen molar-refractivity contribution in [2.24, 2.45) is 0 Å². The van der Waals surface area contributed by atoms with Crippen LogP contribution in [0.25, 0.3) is 11.4 Å². The summed E-state index contributed by atoms with van der Waals surface area (Å²) in [6.07, 6.45) is 2.76. The Hall–Kier alpha value is -3.35.